The molecule has 0 saturated heterocycles. The highest BCUT2D eigenvalue weighted by molar-refractivity contribution is 5.79. The van der Waals surface area contributed by atoms with E-state index in [1.807, 2.05) is 0 Å². The zero-order chi connectivity index (χ0) is 10.0. The Hall–Kier alpha value is -1.52. The van der Waals surface area contributed by atoms with Gasteiger partial charge in [-0.2, -0.15) is 5.10 Å². The van der Waals surface area contributed by atoms with Crippen LogP contribution in [0.25, 0.3) is 0 Å². The maximum absolute atomic E-state index is 11.5. The normalized spacial score (nSPS) is 12.5. The van der Waals surface area contributed by atoms with Crippen molar-refractivity contribution in [2.24, 2.45) is 0 Å². The van der Waals surface area contributed by atoms with E-state index in [9.17, 15) is 4.79 Å². The van der Waals surface area contributed by atoms with Gasteiger partial charge in [0.1, 0.15) is 11.9 Å². The maximum Gasteiger partial charge on any atom is 0.246 e. The van der Waals surface area contributed by atoms with Crippen molar-refractivity contribution in [1.82, 2.24) is 14.7 Å². The second-order valence-corrected chi connectivity index (χ2v) is 3.13. The van der Waals surface area contributed by atoms with Gasteiger partial charge in [-0.05, 0) is 13.0 Å². The van der Waals surface area contributed by atoms with Gasteiger partial charge in [0.25, 0.3) is 0 Å². The van der Waals surface area contributed by atoms with Crippen LogP contribution in [0.3, 0.4) is 0 Å². The number of hydrogen-bond donors (Lipinski definition) is 1. The molecule has 0 aliphatic carbocycles. The fourth-order valence-electron chi connectivity index (χ4n) is 1.06. The Labute approximate surface area is 77.1 Å². The number of carbonyl (C=O) groups is 1. The number of likely N-dealkylation sites (N-methyl/N-ethyl adjacent to an activating group) is 1. The van der Waals surface area contributed by atoms with Crippen molar-refractivity contribution < 1.29 is 4.79 Å². The van der Waals surface area contributed by atoms with Crippen molar-refractivity contribution in [3.63, 3.8) is 0 Å². The third-order valence-electron chi connectivity index (χ3n) is 1.82. The zero-order valence-electron chi connectivity index (χ0n) is 8.06. The van der Waals surface area contributed by atoms with Crippen LogP contribution in [0.4, 0.5) is 5.82 Å². The van der Waals surface area contributed by atoms with E-state index in [-0.39, 0.29) is 11.9 Å². The summed E-state index contributed by atoms with van der Waals surface area (Å²) in [5, 5.41) is 3.96. The van der Waals surface area contributed by atoms with Crippen LogP contribution >= 0.6 is 0 Å². The van der Waals surface area contributed by atoms with Gasteiger partial charge in [-0.1, -0.05) is 0 Å². The summed E-state index contributed by atoms with van der Waals surface area (Å²) in [5.41, 5.74) is 5.44. The molecule has 0 spiro atoms. The molecule has 72 valence electrons. The summed E-state index contributed by atoms with van der Waals surface area (Å²) >= 11 is 0. The molecule has 0 aliphatic heterocycles. The summed E-state index contributed by atoms with van der Waals surface area (Å²) < 4.78 is 1.55. The van der Waals surface area contributed by atoms with Gasteiger partial charge >= 0.3 is 0 Å². The van der Waals surface area contributed by atoms with Crippen LogP contribution in [0.15, 0.2) is 12.3 Å². The first-order chi connectivity index (χ1) is 6.02. The molecule has 0 fully saturated rings. The topological polar surface area (TPSA) is 64.2 Å². The summed E-state index contributed by atoms with van der Waals surface area (Å²) in [6, 6.07) is 1.37. The number of nitrogens with zero attached hydrogens (tertiary/aromatic N) is 3. The van der Waals surface area contributed by atoms with E-state index in [2.05, 4.69) is 5.10 Å². The number of aromatic nitrogens is 2. The van der Waals surface area contributed by atoms with E-state index in [0.717, 1.165) is 0 Å². The molecule has 1 aromatic heterocycles. The van der Waals surface area contributed by atoms with Gasteiger partial charge in [-0.15, -0.1) is 0 Å². The highest BCUT2D eigenvalue weighted by Crippen LogP contribution is 2.08. The third-order valence-corrected chi connectivity index (χ3v) is 1.82. The number of amides is 1. The van der Waals surface area contributed by atoms with Gasteiger partial charge in [-0.3, -0.25) is 9.48 Å². The molecule has 0 radical (unpaired) electrons. The van der Waals surface area contributed by atoms with Crippen LogP contribution in [-0.4, -0.2) is 34.7 Å². The van der Waals surface area contributed by atoms with Crippen molar-refractivity contribution in [2.75, 3.05) is 19.8 Å². The first-order valence-electron chi connectivity index (χ1n) is 4.04. The highest BCUT2D eigenvalue weighted by atomic mass is 16.2. The predicted octanol–water partition coefficient (Wildman–Crippen LogP) is 0.114. The molecule has 1 unspecified atom stereocenters. The molecule has 5 nitrogen and oxygen atoms in total. The second-order valence-electron chi connectivity index (χ2n) is 3.13. The van der Waals surface area contributed by atoms with E-state index in [1.54, 1.807) is 38.0 Å². The predicted molar refractivity (Wildman–Crippen MR) is 50.0 cm³/mol. The lowest BCUT2D eigenvalue weighted by atomic mass is 10.3. The Bertz CT molecular complexity index is 305. The lowest BCUT2D eigenvalue weighted by molar-refractivity contribution is -0.131. The molecule has 1 amide bonds. The van der Waals surface area contributed by atoms with Crippen LogP contribution in [0, 0.1) is 0 Å². The molecule has 0 aliphatic rings. The van der Waals surface area contributed by atoms with Crippen molar-refractivity contribution in [1.29, 1.82) is 0 Å². The fraction of sp³-hybridized carbons (Fsp3) is 0.500. The van der Waals surface area contributed by atoms with Gasteiger partial charge in [0.05, 0.1) is 0 Å². The van der Waals surface area contributed by atoms with Crippen molar-refractivity contribution in [3.05, 3.63) is 12.3 Å². The minimum absolute atomic E-state index is 0.00287. The van der Waals surface area contributed by atoms with E-state index >= 15 is 0 Å². The van der Waals surface area contributed by atoms with E-state index < -0.39 is 0 Å². The number of hydrogen-bond acceptors (Lipinski definition) is 3. The second kappa shape index (κ2) is 3.47. The third kappa shape index (κ3) is 1.99. The van der Waals surface area contributed by atoms with Crippen LogP contribution in [0.5, 0.6) is 0 Å². The number of nitrogens with two attached hydrogens (primary N) is 1. The Balaban J connectivity index is 2.79. The fourth-order valence-corrected chi connectivity index (χ4v) is 1.06. The minimum Gasteiger partial charge on any atom is -0.382 e. The molecule has 1 rings (SSSR count). The van der Waals surface area contributed by atoms with E-state index in [1.165, 1.54) is 4.90 Å². The molecular formula is C8H14N4O. The van der Waals surface area contributed by atoms with E-state index in [4.69, 9.17) is 5.73 Å². The number of rotatable bonds is 2. The molecule has 13 heavy (non-hydrogen) atoms. The minimum atomic E-state index is -0.299. The summed E-state index contributed by atoms with van der Waals surface area (Å²) in [5.74, 6) is 0.432. The van der Waals surface area contributed by atoms with Crippen LogP contribution in [0.1, 0.15) is 13.0 Å². The van der Waals surface area contributed by atoms with E-state index in [0.29, 0.717) is 5.82 Å². The molecule has 5 heteroatoms. The molecule has 1 heterocycles. The largest absolute Gasteiger partial charge is 0.382 e. The number of anilines is 1. The van der Waals surface area contributed by atoms with Crippen LogP contribution in [0.2, 0.25) is 0 Å². The van der Waals surface area contributed by atoms with Gasteiger partial charge in [-0.25, -0.2) is 0 Å². The first kappa shape index (κ1) is 9.57. The van der Waals surface area contributed by atoms with Crippen molar-refractivity contribution in [2.45, 2.75) is 13.0 Å². The SMILES string of the molecule is CC(C(=O)N(C)C)n1ccc(N)n1. The number of carbonyl (C=O) groups excluding carboxylic acids is 1. The Kier molecular flexibility index (Phi) is 2.55. The molecule has 1 atom stereocenters. The molecule has 1 aromatic rings. The maximum atomic E-state index is 11.5. The van der Waals surface area contributed by atoms with Crippen molar-refractivity contribution in [3.8, 4) is 0 Å². The standard InChI is InChI=1S/C8H14N4O/c1-6(8(13)11(2)3)12-5-4-7(9)10-12/h4-6H,1-3H3,(H2,9,10). The average molecular weight is 182 g/mol. The summed E-state index contributed by atoms with van der Waals surface area (Å²) in [4.78, 5) is 13.0. The summed E-state index contributed by atoms with van der Waals surface area (Å²) in [6.45, 7) is 1.79. The molecule has 0 aromatic carbocycles. The Morgan fingerprint density at radius 3 is 2.69 bits per heavy atom. The van der Waals surface area contributed by atoms with Gasteiger partial charge in [0.2, 0.25) is 5.91 Å². The Morgan fingerprint density at radius 1 is 1.69 bits per heavy atom. The molecule has 0 bridgehead atoms. The average Bonchev–Trinajstić information content (AvgIpc) is 2.49. The number of nitrogen functional groups attached to an aromatic ring is 1. The van der Waals surface area contributed by atoms with Crippen LogP contribution in [-0.2, 0) is 4.79 Å². The van der Waals surface area contributed by atoms with Crippen LogP contribution < -0.4 is 5.73 Å². The summed E-state index contributed by atoms with van der Waals surface area (Å²) in [6.07, 6.45) is 1.70. The quantitative estimate of drug-likeness (QED) is 0.706. The first-order valence-corrected chi connectivity index (χ1v) is 4.04. The summed E-state index contributed by atoms with van der Waals surface area (Å²) in [7, 11) is 3.43. The molecule has 0 saturated carbocycles. The lowest BCUT2D eigenvalue weighted by Crippen LogP contribution is -2.30. The van der Waals surface area contributed by atoms with Gasteiger partial charge in [0, 0.05) is 20.3 Å². The van der Waals surface area contributed by atoms with Gasteiger partial charge < -0.3 is 10.6 Å². The van der Waals surface area contributed by atoms with Crippen molar-refractivity contribution >= 4 is 11.7 Å². The molecule has 2 N–H and O–H groups in total. The highest BCUT2D eigenvalue weighted by Gasteiger charge is 2.16. The lowest BCUT2D eigenvalue weighted by Gasteiger charge is -2.16. The Morgan fingerprint density at radius 2 is 2.31 bits per heavy atom. The molecular weight excluding hydrogens is 168 g/mol. The smallest absolute Gasteiger partial charge is 0.246 e. The zero-order valence-corrected chi connectivity index (χ0v) is 8.06. The monoisotopic (exact) mass is 182 g/mol. The van der Waals surface area contributed by atoms with Gasteiger partial charge in [0.15, 0.2) is 0 Å².